The first-order valence-electron chi connectivity index (χ1n) is 12.3. The van der Waals surface area contributed by atoms with Crippen molar-refractivity contribution in [3.05, 3.63) is 70.7 Å². The highest BCUT2D eigenvalue weighted by Gasteiger charge is 2.34. The second-order valence-corrected chi connectivity index (χ2v) is 9.31. The highest BCUT2D eigenvalue weighted by atomic mass is 16.5. The van der Waals surface area contributed by atoms with Crippen molar-refractivity contribution in [1.29, 1.82) is 0 Å². The zero-order valence-corrected chi connectivity index (χ0v) is 20.1. The Hall–Kier alpha value is -4.58. The number of aromatic nitrogens is 2. The van der Waals surface area contributed by atoms with Crippen LogP contribution in [0.15, 0.2) is 48.2 Å². The van der Waals surface area contributed by atoms with E-state index in [1.165, 1.54) is 4.68 Å². The minimum absolute atomic E-state index is 0.0622. The van der Waals surface area contributed by atoms with E-state index < -0.39 is 5.97 Å². The van der Waals surface area contributed by atoms with Gasteiger partial charge in [0.05, 0.1) is 12.3 Å². The van der Waals surface area contributed by atoms with E-state index in [1.807, 2.05) is 52.3 Å². The summed E-state index contributed by atoms with van der Waals surface area (Å²) >= 11 is 0. The van der Waals surface area contributed by atoms with Crippen LogP contribution < -0.4 is 14.5 Å². The minimum atomic E-state index is -1.14. The molecule has 1 aromatic heterocycles. The number of carbonyl (C=O) groups excluding carboxylic acids is 2. The zero-order valence-electron chi connectivity index (χ0n) is 20.1. The van der Waals surface area contributed by atoms with Crippen LogP contribution in [0, 0.1) is 0 Å². The van der Waals surface area contributed by atoms with Gasteiger partial charge in [-0.25, -0.2) is 19.1 Å². The fourth-order valence-corrected chi connectivity index (χ4v) is 5.45. The molecule has 0 amide bonds. The van der Waals surface area contributed by atoms with Crippen molar-refractivity contribution in [2.24, 2.45) is 0 Å². The van der Waals surface area contributed by atoms with Crippen molar-refractivity contribution in [1.82, 2.24) is 9.78 Å². The molecule has 0 saturated carbocycles. The van der Waals surface area contributed by atoms with Gasteiger partial charge in [-0.2, -0.15) is 5.10 Å². The number of hydrogen-bond donors (Lipinski definition) is 1. The molecule has 0 atom stereocenters. The Kier molecular flexibility index (Phi) is 5.64. The first-order valence-corrected chi connectivity index (χ1v) is 12.3. The van der Waals surface area contributed by atoms with Gasteiger partial charge in [0.25, 0.3) is 0 Å². The highest BCUT2D eigenvalue weighted by Crippen LogP contribution is 2.37. The first kappa shape index (κ1) is 22.9. The third-order valence-electron chi connectivity index (χ3n) is 7.24. The SMILES string of the molecule is O=C=C1CCCCN1c1ccc(N2CCc3c(C(=O)O)nn(-c4ccc5c(c4)CCO5)c3C2=C=O)cc1. The van der Waals surface area contributed by atoms with E-state index in [4.69, 9.17) is 4.74 Å². The molecular weight excluding hydrogens is 472 g/mol. The monoisotopic (exact) mass is 496 g/mol. The molecule has 37 heavy (non-hydrogen) atoms. The van der Waals surface area contributed by atoms with Crippen LogP contribution in [0.4, 0.5) is 11.4 Å². The number of aromatic carboxylic acids is 1. The fraction of sp³-hybridized carbons (Fsp3) is 0.286. The number of nitrogens with zero attached hydrogens (tertiary/aromatic N) is 4. The summed E-state index contributed by atoms with van der Waals surface area (Å²) in [6.07, 6.45) is 3.85. The van der Waals surface area contributed by atoms with E-state index >= 15 is 0 Å². The van der Waals surface area contributed by atoms with Gasteiger partial charge in [0, 0.05) is 36.4 Å². The van der Waals surface area contributed by atoms with Gasteiger partial charge in [-0.15, -0.1) is 0 Å². The minimum Gasteiger partial charge on any atom is -0.493 e. The summed E-state index contributed by atoms with van der Waals surface area (Å²) in [7, 11) is 0. The Labute approximate surface area is 212 Å². The maximum Gasteiger partial charge on any atom is 0.356 e. The molecule has 3 aliphatic heterocycles. The van der Waals surface area contributed by atoms with Crippen LogP contribution in [-0.2, 0) is 22.4 Å². The topological polar surface area (TPSA) is 105 Å². The normalized spacial score (nSPS) is 16.5. The number of hydrogen-bond acceptors (Lipinski definition) is 7. The molecule has 3 aromatic rings. The summed E-state index contributed by atoms with van der Waals surface area (Å²) < 4.78 is 7.14. The van der Waals surface area contributed by atoms with Crippen LogP contribution in [0.1, 0.15) is 46.6 Å². The quantitative estimate of drug-likeness (QED) is 0.548. The summed E-state index contributed by atoms with van der Waals surface area (Å²) in [6.45, 7) is 1.77. The number of piperidine rings is 1. The molecular formula is C28H24N4O5. The maximum atomic E-state index is 12.4. The summed E-state index contributed by atoms with van der Waals surface area (Å²) in [5, 5.41) is 14.3. The number of carboxylic acids is 1. The van der Waals surface area contributed by atoms with Gasteiger partial charge >= 0.3 is 5.97 Å². The van der Waals surface area contributed by atoms with Crippen molar-refractivity contribution < 1.29 is 24.2 Å². The largest absolute Gasteiger partial charge is 0.493 e. The van der Waals surface area contributed by atoms with Gasteiger partial charge in [0.2, 0.25) is 0 Å². The van der Waals surface area contributed by atoms with E-state index in [9.17, 15) is 19.5 Å². The summed E-state index contributed by atoms with van der Waals surface area (Å²) in [5.41, 5.74) is 5.12. The molecule has 0 radical (unpaired) electrons. The third kappa shape index (κ3) is 3.82. The molecule has 9 nitrogen and oxygen atoms in total. The van der Waals surface area contributed by atoms with Crippen molar-refractivity contribution in [2.45, 2.75) is 32.1 Å². The number of fused-ring (bicyclic) bond motifs is 2. The van der Waals surface area contributed by atoms with Crippen LogP contribution in [0.2, 0.25) is 0 Å². The summed E-state index contributed by atoms with van der Waals surface area (Å²) in [5.74, 6) is 3.80. The van der Waals surface area contributed by atoms with Gasteiger partial charge in [0.1, 0.15) is 23.1 Å². The lowest BCUT2D eigenvalue weighted by molar-refractivity contribution is 0.0688. The lowest BCUT2D eigenvalue weighted by Crippen LogP contribution is -2.31. The Bertz CT molecular complexity index is 1510. The summed E-state index contributed by atoms with van der Waals surface area (Å²) in [4.78, 5) is 39.6. The second kappa shape index (κ2) is 9.13. The van der Waals surface area contributed by atoms with Gasteiger partial charge in [-0.3, -0.25) is 0 Å². The standard InChI is InChI=1S/C28H24N4O5/c33-16-22-3-1-2-12-30(22)19-4-6-20(7-5-19)31-13-10-23-26(28(35)36)29-32(27(23)24(31)17-34)21-8-9-25-18(15-21)11-14-37-25/h4-9,15H,1-3,10-14H2,(H,35,36). The van der Waals surface area contributed by atoms with Crippen molar-refractivity contribution in [3.63, 3.8) is 0 Å². The number of allylic oxidation sites excluding steroid dienone is 1. The lowest BCUT2D eigenvalue weighted by Gasteiger charge is -2.32. The molecule has 6 rings (SSSR count). The Morgan fingerprint density at radius 1 is 0.892 bits per heavy atom. The van der Waals surface area contributed by atoms with Crippen LogP contribution in [0.3, 0.4) is 0 Å². The maximum absolute atomic E-state index is 12.4. The van der Waals surface area contributed by atoms with Crippen molar-refractivity contribution in [2.75, 3.05) is 29.5 Å². The Morgan fingerprint density at radius 2 is 1.65 bits per heavy atom. The van der Waals surface area contributed by atoms with Crippen LogP contribution in [-0.4, -0.2) is 52.4 Å². The number of carboxylic acid groups (broad SMARTS) is 1. The first-order chi connectivity index (χ1) is 18.1. The average Bonchev–Trinajstić information content (AvgIpc) is 3.57. The fourth-order valence-electron chi connectivity index (χ4n) is 5.45. The lowest BCUT2D eigenvalue weighted by atomic mass is 10.0. The number of benzene rings is 2. The van der Waals surface area contributed by atoms with Gasteiger partial charge in [-0.05, 0) is 73.7 Å². The van der Waals surface area contributed by atoms with Crippen molar-refractivity contribution >= 4 is 34.9 Å². The Balaban J connectivity index is 1.39. The van der Waals surface area contributed by atoms with Crippen LogP contribution in [0.25, 0.3) is 11.4 Å². The predicted octanol–water partition coefficient (Wildman–Crippen LogP) is 3.45. The number of rotatable bonds is 4. The van der Waals surface area contributed by atoms with E-state index in [0.717, 1.165) is 48.5 Å². The molecule has 2 aromatic carbocycles. The van der Waals surface area contributed by atoms with Gasteiger partial charge < -0.3 is 19.6 Å². The molecule has 1 fully saturated rings. The van der Waals surface area contributed by atoms with Gasteiger partial charge in [-0.1, -0.05) is 0 Å². The molecule has 1 N–H and O–H groups in total. The van der Waals surface area contributed by atoms with E-state index in [-0.39, 0.29) is 11.4 Å². The highest BCUT2D eigenvalue weighted by molar-refractivity contribution is 5.99. The molecule has 4 heterocycles. The number of ether oxygens (including phenoxy) is 1. The molecule has 1 saturated heterocycles. The second-order valence-electron chi connectivity index (χ2n) is 9.31. The molecule has 0 aliphatic carbocycles. The molecule has 186 valence electrons. The molecule has 0 unspecified atom stereocenters. The van der Waals surface area contributed by atoms with Crippen LogP contribution in [0.5, 0.6) is 5.75 Å². The van der Waals surface area contributed by atoms with Crippen molar-refractivity contribution in [3.8, 4) is 11.4 Å². The number of carbonyl (C=O) groups is 1. The average molecular weight is 497 g/mol. The third-order valence-corrected chi connectivity index (χ3v) is 7.24. The predicted molar refractivity (Wildman–Crippen MR) is 137 cm³/mol. The molecule has 9 heteroatoms. The van der Waals surface area contributed by atoms with E-state index in [2.05, 4.69) is 17.0 Å². The molecule has 0 bridgehead atoms. The summed E-state index contributed by atoms with van der Waals surface area (Å²) in [6, 6.07) is 13.2. The Morgan fingerprint density at radius 3 is 2.38 bits per heavy atom. The zero-order chi connectivity index (χ0) is 25.5. The number of anilines is 2. The smallest absolute Gasteiger partial charge is 0.356 e. The molecule has 0 spiro atoms. The van der Waals surface area contributed by atoms with Crippen LogP contribution >= 0.6 is 0 Å². The van der Waals surface area contributed by atoms with Gasteiger partial charge in [0.15, 0.2) is 17.3 Å². The van der Waals surface area contributed by atoms with E-state index in [0.29, 0.717) is 48.6 Å². The van der Waals surface area contributed by atoms with E-state index in [1.54, 1.807) is 0 Å². The molecule has 3 aliphatic rings.